The number of hydrogen-bond acceptors (Lipinski definition) is 1. The second-order valence-corrected chi connectivity index (χ2v) is 4.79. The van der Waals surface area contributed by atoms with Crippen molar-refractivity contribution in [1.29, 1.82) is 0 Å². The van der Waals surface area contributed by atoms with E-state index >= 15 is 0 Å². The minimum absolute atomic E-state index is 0.372. The van der Waals surface area contributed by atoms with E-state index in [1.165, 1.54) is 0 Å². The number of aromatic nitrogens is 1. The van der Waals surface area contributed by atoms with E-state index in [1.807, 2.05) is 0 Å². The number of rotatable bonds is 0. The Morgan fingerprint density at radius 3 is 2.53 bits per heavy atom. The van der Waals surface area contributed by atoms with Gasteiger partial charge in [0.25, 0.3) is 0 Å². The standard InChI is InChI=1S/C14H12F3NO/c15-14(16,17)13(19)18-11-7-3-1-5-9(11)10-6-2-4-8-12(10)18/h1,3,5,7H,2,4,6,8H2. The number of hydrogen-bond donors (Lipinski definition) is 0. The summed E-state index contributed by atoms with van der Waals surface area (Å²) >= 11 is 0. The lowest BCUT2D eigenvalue weighted by Crippen LogP contribution is -2.30. The van der Waals surface area contributed by atoms with Gasteiger partial charge in [0.15, 0.2) is 0 Å². The highest BCUT2D eigenvalue weighted by Crippen LogP contribution is 2.34. The highest BCUT2D eigenvalue weighted by atomic mass is 19.4. The fraction of sp³-hybridized carbons (Fsp3) is 0.357. The van der Waals surface area contributed by atoms with Gasteiger partial charge in [-0.2, -0.15) is 13.2 Å². The van der Waals surface area contributed by atoms with Crippen LogP contribution in [0.5, 0.6) is 0 Å². The lowest BCUT2D eigenvalue weighted by Gasteiger charge is -2.15. The molecule has 0 N–H and O–H groups in total. The molecule has 1 aromatic heterocycles. The summed E-state index contributed by atoms with van der Waals surface area (Å²) in [5, 5.41) is 0.773. The van der Waals surface area contributed by atoms with Crippen molar-refractivity contribution in [2.45, 2.75) is 31.9 Å². The molecule has 0 saturated heterocycles. The number of benzene rings is 1. The molecule has 5 heteroatoms. The van der Waals surface area contributed by atoms with Gasteiger partial charge >= 0.3 is 12.1 Å². The third-order valence-electron chi connectivity index (χ3n) is 3.62. The van der Waals surface area contributed by atoms with Crippen LogP contribution in [-0.4, -0.2) is 16.7 Å². The van der Waals surface area contributed by atoms with Gasteiger partial charge in [0.05, 0.1) is 5.52 Å². The van der Waals surface area contributed by atoms with Gasteiger partial charge < -0.3 is 0 Å². The Labute approximate surface area is 107 Å². The Bertz CT molecular complexity index is 654. The molecule has 0 radical (unpaired) electrons. The maximum Gasteiger partial charge on any atom is 0.472 e. The van der Waals surface area contributed by atoms with Crippen molar-refractivity contribution >= 4 is 16.8 Å². The lowest BCUT2D eigenvalue weighted by atomic mass is 9.95. The summed E-state index contributed by atoms with van der Waals surface area (Å²) in [6, 6.07) is 6.82. The van der Waals surface area contributed by atoms with Crippen LogP contribution in [0.1, 0.15) is 28.9 Å². The van der Waals surface area contributed by atoms with Crippen molar-refractivity contribution in [3.05, 3.63) is 35.5 Å². The molecule has 3 rings (SSSR count). The van der Waals surface area contributed by atoms with Crippen LogP contribution in [0.4, 0.5) is 13.2 Å². The molecule has 2 aromatic rings. The summed E-state index contributed by atoms with van der Waals surface area (Å²) in [6.07, 6.45) is -1.78. The molecule has 0 atom stereocenters. The normalized spacial score (nSPS) is 15.5. The third kappa shape index (κ3) is 1.84. The van der Waals surface area contributed by atoms with Gasteiger partial charge in [-0.05, 0) is 37.3 Å². The van der Waals surface area contributed by atoms with Crippen LogP contribution in [0.15, 0.2) is 24.3 Å². The zero-order valence-corrected chi connectivity index (χ0v) is 10.1. The van der Waals surface area contributed by atoms with E-state index in [2.05, 4.69) is 0 Å². The number of carbonyl (C=O) groups is 1. The predicted octanol–water partition coefficient (Wildman–Crippen LogP) is 3.72. The highest BCUT2D eigenvalue weighted by Gasteiger charge is 2.42. The van der Waals surface area contributed by atoms with Crippen LogP contribution in [0.25, 0.3) is 10.9 Å². The topological polar surface area (TPSA) is 22.0 Å². The van der Waals surface area contributed by atoms with Crippen molar-refractivity contribution in [3.8, 4) is 0 Å². The van der Waals surface area contributed by atoms with E-state index in [9.17, 15) is 18.0 Å². The van der Waals surface area contributed by atoms with Gasteiger partial charge in [-0.1, -0.05) is 18.2 Å². The summed E-state index contributed by atoms with van der Waals surface area (Å²) < 4.78 is 39.1. The monoisotopic (exact) mass is 267 g/mol. The molecule has 2 nitrogen and oxygen atoms in total. The smallest absolute Gasteiger partial charge is 0.276 e. The number of para-hydroxylation sites is 1. The largest absolute Gasteiger partial charge is 0.472 e. The first-order chi connectivity index (χ1) is 9.00. The van der Waals surface area contributed by atoms with E-state index in [-0.39, 0.29) is 0 Å². The Hall–Kier alpha value is -1.78. The molecule has 1 aliphatic carbocycles. The summed E-state index contributed by atoms with van der Waals surface area (Å²) in [5.41, 5.74) is 1.81. The Kier molecular flexibility index (Phi) is 2.66. The summed E-state index contributed by atoms with van der Waals surface area (Å²) in [7, 11) is 0. The minimum Gasteiger partial charge on any atom is -0.276 e. The van der Waals surface area contributed by atoms with Crippen molar-refractivity contribution in [1.82, 2.24) is 4.57 Å². The quantitative estimate of drug-likeness (QED) is 0.713. The van der Waals surface area contributed by atoms with Crippen molar-refractivity contribution < 1.29 is 18.0 Å². The average molecular weight is 267 g/mol. The predicted molar refractivity (Wildman–Crippen MR) is 65.3 cm³/mol. The molecule has 0 amide bonds. The van der Waals surface area contributed by atoms with E-state index in [0.29, 0.717) is 17.6 Å². The van der Waals surface area contributed by atoms with Crippen molar-refractivity contribution in [2.24, 2.45) is 0 Å². The van der Waals surface area contributed by atoms with Gasteiger partial charge in [0, 0.05) is 11.1 Å². The number of carbonyl (C=O) groups excluding carboxylic acids is 1. The number of aryl methyl sites for hydroxylation is 1. The first-order valence-corrected chi connectivity index (χ1v) is 6.23. The summed E-state index contributed by atoms with van der Waals surface area (Å²) in [6.45, 7) is 0. The first kappa shape index (κ1) is 12.3. The fourth-order valence-electron chi connectivity index (χ4n) is 2.85. The maximum absolute atomic E-state index is 12.7. The Balaban J connectivity index is 2.32. The molecule has 0 aliphatic heterocycles. The molecule has 1 aliphatic rings. The van der Waals surface area contributed by atoms with Crippen molar-refractivity contribution in [3.63, 3.8) is 0 Å². The zero-order valence-electron chi connectivity index (χ0n) is 10.1. The molecule has 1 aromatic carbocycles. The van der Waals surface area contributed by atoms with Gasteiger partial charge in [-0.15, -0.1) is 0 Å². The van der Waals surface area contributed by atoms with Gasteiger partial charge in [0.2, 0.25) is 0 Å². The molecule has 19 heavy (non-hydrogen) atoms. The summed E-state index contributed by atoms with van der Waals surface area (Å²) in [5.74, 6) is -1.79. The van der Waals surface area contributed by atoms with E-state index in [1.54, 1.807) is 24.3 Å². The molecule has 0 fully saturated rings. The first-order valence-electron chi connectivity index (χ1n) is 6.23. The van der Waals surface area contributed by atoms with E-state index < -0.39 is 12.1 Å². The Morgan fingerprint density at radius 1 is 1.11 bits per heavy atom. The second-order valence-electron chi connectivity index (χ2n) is 4.79. The van der Waals surface area contributed by atoms with Crippen LogP contribution in [0, 0.1) is 0 Å². The number of nitrogens with zero attached hydrogens (tertiary/aromatic N) is 1. The van der Waals surface area contributed by atoms with E-state index in [4.69, 9.17) is 0 Å². The van der Waals surface area contributed by atoms with Crippen LogP contribution in [0.2, 0.25) is 0 Å². The number of halogens is 3. The molecular weight excluding hydrogens is 255 g/mol. The number of alkyl halides is 3. The van der Waals surface area contributed by atoms with Crippen LogP contribution < -0.4 is 0 Å². The van der Waals surface area contributed by atoms with Crippen LogP contribution in [0.3, 0.4) is 0 Å². The van der Waals surface area contributed by atoms with Crippen LogP contribution >= 0.6 is 0 Å². The van der Waals surface area contributed by atoms with Gasteiger partial charge in [-0.25, -0.2) is 0 Å². The Morgan fingerprint density at radius 2 is 1.79 bits per heavy atom. The molecule has 0 saturated carbocycles. The molecule has 0 unspecified atom stereocenters. The minimum atomic E-state index is -4.84. The summed E-state index contributed by atoms with van der Waals surface area (Å²) in [4.78, 5) is 11.7. The average Bonchev–Trinajstić information content (AvgIpc) is 2.71. The second kappa shape index (κ2) is 4.11. The maximum atomic E-state index is 12.7. The van der Waals surface area contributed by atoms with Gasteiger partial charge in [-0.3, -0.25) is 9.36 Å². The SMILES string of the molecule is O=C(n1c2c(c3ccccc31)CCCC2)C(F)(F)F. The molecule has 0 bridgehead atoms. The van der Waals surface area contributed by atoms with Gasteiger partial charge in [0.1, 0.15) is 0 Å². The fourth-order valence-corrected chi connectivity index (χ4v) is 2.85. The molecular formula is C14H12F3NO. The number of fused-ring (bicyclic) bond motifs is 3. The van der Waals surface area contributed by atoms with Crippen molar-refractivity contribution in [2.75, 3.05) is 0 Å². The van der Waals surface area contributed by atoms with Crippen LogP contribution in [-0.2, 0) is 12.8 Å². The third-order valence-corrected chi connectivity index (χ3v) is 3.62. The van der Waals surface area contributed by atoms with E-state index in [0.717, 1.165) is 34.8 Å². The zero-order chi connectivity index (χ0) is 13.6. The lowest BCUT2D eigenvalue weighted by molar-refractivity contribution is -0.0944. The molecule has 100 valence electrons. The molecule has 1 heterocycles. The molecule has 0 spiro atoms. The highest BCUT2D eigenvalue weighted by molar-refractivity contribution is 5.98.